The van der Waals surface area contributed by atoms with Gasteiger partial charge in [-0.2, -0.15) is 0 Å². The standard InChI is InChI=1S/C16H26N2O/c1-11-4-6-14(8-11)18-15(10-17)13-5-7-16(19-3)12(2)9-13/h5,7,9,11,14-15,18H,4,6,8,10,17H2,1-3H3. The van der Waals surface area contributed by atoms with Gasteiger partial charge in [-0.1, -0.05) is 19.1 Å². The Morgan fingerprint density at radius 3 is 2.74 bits per heavy atom. The second-order valence-corrected chi connectivity index (χ2v) is 5.80. The zero-order valence-corrected chi connectivity index (χ0v) is 12.3. The van der Waals surface area contributed by atoms with Crippen molar-refractivity contribution in [1.82, 2.24) is 5.32 Å². The van der Waals surface area contributed by atoms with Gasteiger partial charge in [0.1, 0.15) is 5.75 Å². The van der Waals surface area contributed by atoms with E-state index in [0.717, 1.165) is 11.7 Å². The minimum atomic E-state index is 0.250. The molecule has 19 heavy (non-hydrogen) atoms. The van der Waals surface area contributed by atoms with E-state index >= 15 is 0 Å². The maximum atomic E-state index is 5.94. The van der Waals surface area contributed by atoms with Crippen LogP contribution in [0.3, 0.4) is 0 Å². The molecule has 3 unspecified atom stereocenters. The number of nitrogens with two attached hydrogens (primary N) is 1. The quantitative estimate of drug-likeness (QED) is 0.858. The van der Waals surface area contributed by atoms with Crippen molar-refractivity contribution in [3.63, 3.8) is 0 Å². The molecule has 3 atom stereocenters. The van der Waals surface area contributed by atoms with Crippen LogP contribution in [0, 0.1) is 12.8 Å². The first-order valence-electron chi connectivity index (χ1n) is 7.24. The molecular weight excluding hydrogens is 236 g/mol. The second-order valence-electron chi connectivity index (χ2n) is 5.80. The van der Waals surface area contributed by atoms with Crippen LogP contribution in [0.5, 0.6) is 5.75 Å². The van der Waals surface area contributed by atoms with E-state index in [1.54, 1.807) is 7.11 Å². The maximum Gasteiger partial charge on any atom is 0.121 e. The summed E-state index contributed by atoms with van der Waals surface area (Å²) < 4.78 is 5.31. The van der Waals surface area contributed by atoms with Crippen molar-refractivity contribution >= 4 is 0 Å². The fourth-order valence-corrected chi connectivity index (χ4v) is 3.06. The lowest BCUT2D eigenvalue weighted by atomic mass is 10.0. The summed E-state index contributed by atoms with van der Waals surface area (Å²) in [7, 11) is 1.71. The third-order valence-electron chi connectivity index (χ3n) is 4.19. The molecule has 2 rings (SSSR count). The lowest BCUT2D eigenvalue weighted by Gasteiger charge is -2.23. The van der Waals surface area contributed by atoms with Crippen LogP contribution in [-0.2, 0) is 0 Å². The summed E-state index contributed by atoms with van der Waals surface area (Å²) >= 11 is 0. The molecule has 0 aliphatic heterocycles. The topological polar surface area (TPSA) is 47.3 Å². The molecule has 3 nitrogen and oxygen atoms in total. The number of aryl methyl sites for hydroxylation is 1. The molecule has 1 aliphatic carbocycles. The Labute approximate surface area is 116 Å². The number of methoxy groups -OCH3 is 1. The molecule has 1 aromatic rings. The maximum absolute atomic E-state index is 5.94. The third kappa shape index (κ3) is 3.48. The fourth-order valence-electron chi connectivity index (χ4n) is 3.06. The number of nitrogens with one attached hydrogen (secondary N) is 1. The van der Waals surface area contributed by atoms with Crippen molar-refractivity contribution in [2.24, 2.45) is 11.7 Å². The Balaban J connectivity index is 2.06. The number of rotatable bonds is 5. The van der Waals surface area contributed by atoms with E-state index in [9.17, 15) is 0 Å². The predicted octanol–water partition coefficient (Wildman–Crippen LogP) is 2.78. The van der Waals surface area contributed by atoms with Crippen molar-refractivity contribution in [1.29, 1.82) is 0 Å². The fraction of sp³-hybridized carbons (Fsp3) is 0.625. The molecule has 0 heterocycles. The molecule has 1 aromatic carbocycles. The Morgan fingerprint density at radius 1 is 1.42 bits per heavy atom. The van der Waals surface area contributed by atoms with E-state index in [0.29, 0.717) is 12.6 Å². The van der Waals surface area contributed by atoms with Crippen LogP contribution in [0.15, 0.2) is 18.2 Å². The average Bonchev–Trinajstić information content (AvgIpc) is 2.81. The van der Waals surface area contributed by atoms with Gasteiger partial charge in [0, 0.05) is 18.6 Å². The average molecular weight is 262 g/mol. The van der Waals surface area contributed by atoms with Crippen molar-refractivity contribution in [2.45, 2.75) is 45.2 Å². The molecule has 0 amide bonds. The molecule has 3 heteroatoms. The molecule has 0 radical (unpaired) electrons. The molecule has 1 fully saturated rings. The third-order valence-corrected chi connectivity index (χ3v) is 4.19. The normalized spacial score (nSPS) is 24.4. The van der Waals surface area contributed by atoms with E-state index in [4.69, 9.17) is 10.5 Å². The van der Waals surface area contributed by atoms with Crippen LogP contribution >= 0.6 is 0 Å². The van der Waals surface area contributed by atoms with Gasteiger partial charge in [-0.15, -0.1) is 0 Å². The smallest absolute Gasteiger partial charge is 0.121 e. The summed E-state index contributed by atoms with van der Waals surface area (Å²) in [5, 5.41) is 3.71. The van der Waals surface area contributed by atoms with Crippen molar-refractivity contribution in [2.75, 3.05) is 13.7 Å². The van der Waals surface area contributed by atoms with Crippen molar-refractivity contribution in [3.05, 3.63) is 29.3 Å². The first kappa shape index (κ1) is 14.4. The summed E-state index contributed by atoms with van der Waals surface area (Å²) in [6, 6.07) is 7.20. The highest BCUT2D eigenvalue weighted by molar-refractivity contribution is 5.37. The molecule has 1 saturated carbocycles. The molecule has 106 valence electrons. The van der Waals surface area contributed by atoms with E-state index < -0.39 is 0 Å². The minimum absolute atomic E-state index is 0.250. The number of benzene rings is 1. The highest BCUT2D eigenvalue weighted by atomic mass is 16.5. The van der Waals surface area contributed by atoms with Gasteiger partial charge in [0.25, 0.3) is 0 Å². The summed E-state index contributed by atoms with van der Waals surface area (Å²) in [5.74, 6) is 1.78. The van der Waals surface area contributed by atoms with Crippen molar-refractivity contribution in [3.8, 4) is 5.75 Å². The van der Waals surface area contributed by atoms with Gasteiger partial charge in [0.05, 0.1) is 7.11 Å². The lowest BCUT2D eigenvalue weighted by Crippen LogP contribution is -2.35. The number of hydrogen-bond donors (Lipinski definition) is 2. The monoisotopic (exact) mass is 262 g/mol. The Bertz CT molecular complexity index is 419. The predicted molar refractivity (Wildman–Crippen MR) is 79.5 cm³/mol. The molecule has 0 spiro atoms. The van der Waals surface area contributed by atoms with Crippen LogP contribution in [0.1, 0.15) is 43.4 Å². The Kier molecular flexibility index (Phi) is 4.83. The van der Waals surface area contributed by atoms with E-state index in [1.807, 2.05) is 6.07 Å². The van der Waals surface area contributed by atoms with Gasteiger partial charge in [-0.25, -0.2) is 0 Å². The van der Waals surface area contributed by atoms with Crippen LogP contribution in [0.4, 0.5) is 0 Å². The van der Waals surface area contributed by atoms with Crippen LogP contribution in [-0.4, -0.2) is 19.7 Å². The second kappa shape index (κ2) is 6.40. The summed E-state index contributed by atoms with van der Waals surface area (Å²) in [6.07, 6.45) is 3.87. The molecule has 1 aliphatic rings. The number of hydrogen-bond acceptors (Lipinski definition) is 3. The van der Waals surface area contributed by atoms with E-state index in [-0.39, 0.29) is 6.04 Å². The largest absolute Gasteiger partial charge is 0.496 e. The minimum Gasteiger partial charge on any atom is -0.496 e. The van der Waals surface area contributed by atoms with Crippen LogP contribution in [0.25, 0.3) is 0 Å². The number of ether oxygens (including phenoxy) is 1. The van der Waals surface area contributed by atoms with Gasteiger partial charge in [-0.3, -0.25) is 0 Å². The summed E-state index contributed by atoms with van der Waals surface area (Å²) in [5.41, 5.74) is 8.38. The molecule has 0 bridgehead atoms. The molecular formula is C16H26N2O. The van der Waals surface area contributed by atoms with Crippen LogP contribution in [0.2, 0.25) is 0 Å². The van der Waals surface area contributed by atoms with Gasteiger partial charge >= 0.3 is 0 Å². The summed E-state index contributed by atoms with van der Waals surface area (Å²) in [6.45, 7) is 5.04. The molecule has 0 aromatic heterocycles. The van der Waals surface area contributed by atoms with Gasteiger partial charge in [0.15, 0.2) is 0 Å². The summed E-state index contributed by atoms with van der Waals surface area (Å²) in [4.78, 5) is 0. The SMILES string of the molecule is COc1ccc(C(CN)NC2CCC(C)C2)cc1C. The Hall–Kier alpha value is -1.06. The molecule has 3 N–H and O–H groups in total. The highest BCUT2D eigenvalue weighted by Gasteiger charge is 2.23. The zero-order chi connectivity index (χ0) is 13.8. The van der Waals surface area contributed by atoms with Gasteiger partial charge in [-0.05, 0) is 49.3 Å². The first-order valence-corrected chi connectivity index (χ1v) is 7.24. The van der Waals surface area contributed by atoms with Gasteiger partial charge < -0.3 is 15.8 Å². The Morgan fingerprint density at radius 2 is 2.21 bits per heavy atom. The molecule has 0 saturated heterocycles. The van der Waals surface area contributed by atoms with Gasteiger partial charge in [0.2, 0.25) is 0 Å². The van der Waals surface area contributed by atoms with Crippen molar-refractivity contribution < 1.29 is 4.74 Å². The first-order chi connectivity index (χ1) is 9.13. The lowest BCUT2D eigenvalue weighted by molar-refractivity contribution is 0.409. The zero-order valence-electron chi connectivity index (χ0n) is 12.3. The van der Waals surface area contributed by atoms with E-state index in [1.165, 1.54) is 30.4 Å². The van der Waals surface area contributed by atoms with E-state index in [2.05, 4.69) is 31.3 Å². The highest BCUT2D eigenvalue weighted by Crippen LogP contribution is 2.28. The van der Waals surface area contributed by atoms with Crippen LogP contribution < -0.4 is 15.8 Å².